The van der Waals surface area contributed by atoms with Gasteiger partial charge in [-0.05, 0) is 24.5 Å². The second-order valence-corrected chi connectivity index (χ2v) is 7.39. The van der Waals surface area contributed by atoms with Gasteiger partial charge in [0.05, 0.1) is 5.69 Å². The summed E-state index contributed by atoms with van der Waals surface area (Å²) in [6.07, 6.45) is 2.58. The van der Waals surface area contributed by atoms with E-state index in [-0.39, 0.29) is 4.90 Å². The minimum atomic E-state index is -4.03. The van der Waals surface area contributed by atoms with Crippen LogP contribution in [0, 0.1) is 0 Å². The maximum Gasteiger partial charge on any atom is 0.330 e. The average molecular weight is 335 g/mol. The van der Waals surface area contributed by atoms with Gasteiger partial charge in [0, 0.05) is 26.8 Å². The molecule has 1 aliphatic heterocycles. The first kappa shape index (κ1) is 15.5. The molecule has 0 aliphatic carbocycles. The van der Waals surface area contributed by atoms with Crippen molar-refractivity contribution in [2.75, 3.05) is 10.8 Å². The van der Waals surface area contributed by atoms with Gasteiger partial charge in [0.2, 0.25) is 0 Å². The summed E-state index contributed by atoms with van der Waals surface area (Å²) < 4.78 is 29.1. The molecule has 0 unspecified atom stereocenters. The Morgan fingerprint density at radius 2 is 1.78 bits per heavy atom. The number of rotatable bonds is 2. The first-order chi connectivity index (χ1) is 10.8. The van der Waals surface area contributed by atoms with Crippen LogP contribution in [-0.4, -0.2) is 24.1 Å². The van der Waals surface area contributed by atoms with E-state index in [1.54, 1.807) is 12.1 Å². The summed E-state index contributed by atoms with van der Waals surface area (Å²) in [4.78, 5) is 23.7. The molecule has 0 saturated carbocycles. The number of anilines is 1. The van der Waals surface area contributed by atoms with Gasteiger partial charge in [-0.15, -0.1) is 0 Å². The maximum absolute atomic E-state index is 13.0. The molecule has 0 saturated heterocycles. The monoisotopic (exact) mass is 335 g/mol. The Hall–Kier alpha value is -2.35. The molecule has 0 atom stereocenters. The molecule has 7 nitrogen and oxygen atoms in total. The van der Waals surface area contributed by atoms with Crippen molar-refractivity contribution in [3.63, 3.8) is 0 Å². The summed E-state index contributed by atoms with van der Waals surface area (Å²) in [5.74, 6) is 0. The van der Waals surface area contributed by atoms with Gasteiger partial charge in [0.15, 0.2) is 4.90 Å². The third kappa shape index (κ3) is 2.39. The van der Waals surface area contributed by atoms with Crippen LogP contribution in [0.15, 0.2) is 44.9 Å². The molecule has 122 valence electrons. The van der Waals surface area contributed by atoms with Crippen LogP contribution in [0.4, 0.5) is 5.69 Å². The second kappa shape index (κ2) is 5.38. The Morgan fingerprint density at radius 3 is 2.52 bits per heavy atom. The summed E-state index contributed by atoms with van der Waals surface area (Å²) in [5, 5.41) is 0. The standard InChI is InChI=1S/C15H17N3O4S/c1-16-10-13(14(19)17(2)15(16)20)23(21,22)18-9-5-7-11-6-3-4-8-12(11)18/h3-4,6,8,10H,5,7,9H2,1-2H3. The zero-order valence-electron chi connectivity index (χ0n) is 12.9. The van der Waals surface area contributed by atoms with Crippen LogP contribution in [0.5, 0.6) is 0 Å². The average Bonchev–Trinajstić information content (AvgIpc) is 2.55. The molecule has 1 aromatic heterocycles. The van der Waals surface area contributed by atoms with E-state index in [4.69, 9.17) is 0 Å². The molecule has 1 aromatic carbocycles. The number of aromatic nitrogens is 2. The van der Waals surface area contributed by atoms with E-state index in [2.05, 4.69) is 0 Å². The van der Waals surface area contributed by atoms with Crippen molar-refractivity contribution in [1.29, 1.82) is 0 Å². The van der Waals surface area contributed by atoms with Crippen molar-refractivity contribution in [2.24, 2.45) is 14.1 Å². The zero-order valence-corrected chi connectivity index (χ0v) is 13.7. The Bertz CT molecular complexity index is 989. The number of hydrogen-bond donors (Lipinski definition) is 0. The third-order valence-electron chi connectivity index (χ3n) is 4.05. The Morgan fingerprint density at radius 1 is 1.09 bits per heavy atom. The Kier molecular flexibility index (Phi) is 3.63. The summed E-state index contributed by atoms with van der Waals surface area (Å²) >= 11 is 0. The van der Waals surface area contributed by atoms with Crippen LogP contribution < -0.4 is 15.6 Å². The Balaban J connectivity index is 2.23. The lowest BCUT2D eigenvalue weighted by Crippen LogP contribution is -2.44. The molecule has 2 aromatic rings. The molecule has 0 spiro atoms. The zero-order chi connectivity index (χ0) is 16.8. The summed E-state index contributed by atoms with van der Waals surface area (Å²) in [6.45, 7) is 0.311. The summed E-state index contributed by atoms with van der Waals surface area (Å²) in [5.41, 5.74) is 0.155. The normalized spacial score (nSPS) is 14.6. The SMILES string of the molecule is Cn1cc(S(=O)(=O)N2CCCc3ccccc32)c(=O)n(C)c1=O. The number of nitrogens with zero attached hydrogens (tertiary/aromatic N) is 3. The lowest BCUT2D eigenvalue weighted by molar-refractivity contribution is 0.576. The lowest BCUT2D eigenvalue weighted by atomic mass is 10.0. The van der Waals surface area contributed by atoms with Gasteiger partial charge in [-0.25, -0.2) is 13.2 Å². The molecule has 2 heterocycles. The number of fused-ring (bicyclic) bond motifs is 1. The van der Waals surface area contributed by atoms with Gasteiger partial charge in [0.25, 0.3) is 15.6 Å². The van der Waals surface area contributed by atoms with Gasteiger partial charge in [-0.3, -0.25) is 13.7 Å². The van der Waals surface area contributed by atoms with E-state index in [9.17, 15) is 18.0 Å². The third-order valence-corrected chi connectivity index (χ3v) is 5.85. The van der Waals surface area contributed by atoms with Gasteiger partial charge < -0.3 is 4.57 Å². The molecule has 3 rings (SSSR count). The molecule has 23 heavy (non-hydrogen) atoms. The van der Waals surface area contributed by atoms with Crippen LogP contribution in [0.1, 0.15) is 12.0 Å². The molecule has 0 bridgehead atoms. The second-order valence-electron chi connectivity index (χ2n) is 5.56. The van der Waals surface area contributed by atoms with Crippen molar-refractivity contribution < 1.29 is 8.42 Å². The minimum Gasteiger partial charge on any atom is -0.302 e. The van der Waals surface area contributed by atoms with E-state index in [0.29, 0.717) is 18.7 Å². The molecule has 8 heteroatoms. The molecule has 1 aliphatic rings. The van der Waals surface area contributed by atoms with E-state index >= 15 is 0 Å². The van der Waals surface area contributed by atoms with Crippen molar-refractivity contribution in [2.45, 2.75) is 17.7 Å². The van der Waals surface area contributed by atoms with Crippen molar-refractivity contribution in [3.8, 4) is 0 Å². The van der Waals surface area contributed by atoms with Crippen molar-refractivity contribution in [1.82, 2.24) is 9.13 Å². The number of hydrogen-bond acceptors (Lipinski definition) is 4. The lowest BCUT2D eigenvalue weighted by Gasteiger charge is -2.30. The van der Waals surface area contributed by atoms with Crippen molar-refractivity contribution >= 4 is 15.7 Å². The Labute approximate surface area is 133 Å². The molecule has 0 amide bonds. The molecule has 0 radical (unpaired) electrons. The topological polar surface area (TPSA) is 81.4 Å². The molecular formula is C15H17N3O4S. The van der Waals surface area contributed by atoms with Crippen LogP contribution in [0.3, 0.4) is 0 Å². The maximum atomic E-state index is 13.0. The predicted molar refractivity (Wildman–Crippen MR) is 86.2 cm³/mol. The van der Waals surface area contributed by atoms with Gasteiger partial charge >= 0.3 is 5.69 Å². The molecular weight excluding hydrogens is 318 g/mol. The van der Waals surface area contributed by atoms with E-state index in [0.717, 1.165) is 27.3 Å². The van der Waals surface area contributed by atoms with Crippen LogP contribution in [0.25, 0.3) is 0 Å². The van der Waals surface area contributed by atoms with E-state index in [1.165, 1.54) is 18.4 Å². The fraction of sp³-hybridized carbons (Fsp3) is 0.333. The van der Waals surface area contributed by atoms with Crippen LogP contribution >= 0.6 is 0 Å². The summed E-state index contributed by atoms with van der Waals surface area (Å²) in [7, 11) is -1.33. The molecule has 0 fully saturated rings. The first-order valence-electron chi connectivity index (χ1n) is 7.21. The highest BCUT2D eigenvalue weighted by Crippen LogP contribution is 2.30. The van der Waals surface area contributed by atoms with E-state index in [1.807, 2.05) is 12.1 Å². The number of sulfonamides is 1. The fourth-order valence-corrected chi connectivity index (χ4v) is 4.51. The molecule has 0 N–H and O–H groups in total. The predicted octanol–water partition coefficient (Wildman–Crippen LogP) is 0.225. The smallest absolute Gasteiger partial charge is 0.302 e. The highest BCUT2D eigenvalue weighted by molar-refractivity contribution is 7.92. The minimum absolute atomic E-state index is 0.311. The number of benzene rings is 1. The van der Waals surface area contributed by atoms with Gasteiger partial charge in [-0.1, -0.05) is 18.2 Å². The van der Waals surface area contributed by atoms with Gasteiger partial charge in [-0.2, -0.15) is 0 Å². The largest absolute Gasteiger partial charge is 0.330 e. The quantitative estimate of drug-likeness (QED) is 0.786. The number of para-hydroxylation sites is 1. The highest BCUT2D eigenvalue weighted by atomic mass is 32.2. The van der Waals surface area contributed by atoms with Crippen molar-refractivity contribution in [3.05, 3.63) is 56.9 Å². The summed E-state index contributed by atoms with van der Waals surface area (Å²) in [6, 6.07) is 7.25. The van der Waals surface area contributed by atoms with Gasteiger partial charge in [0.1, 0.15) is 0 Å². The first-order valence-corrected chi connectivity index (χ1v) is 8.65. The fourth-order valence-electron chi connectivity index (χ4n) is 2.82. The van der Waals surface area contributed by atoms with Crippen LogP contribution in [-0.2, 0) is 30.5 Å². The number of aryl methyl sites for hydroxylation is 2. The van der Waals surface area contributed by atoms with E-state index < -0.39 is 21.3 Å². The highest BCUT2D eigenvalue weighted by Gasteiger charge is 2.32. The van der Waals surface area contributed by atoms with Crippen LogP contribution in [0.2, 0.25) is 0 Å².